The topological polar surface area (TPSA) is 52.8 Å². The van der Waals surface area contributed by atoms with Crippen LogP contribution in [0.15, 0.2) is 35.1 Å². The second-order valence-electron chi connectivity index (χ2n) is 3.97. The molecule has 0 saturated heterocycles. The summed E-state index contributed by atoms with van der Waals surface area (Å²) < 4.78 is 0.950. The van der Waals surface area contributed by atoms with Crippen LogP contribution in [0, 0.1) is 11.3 Å². The number of nitrogens with zero attached hydrogens (tertiary/aromatic N) is 4. The van der Waals surface area contributed by atoms with Gasteiger partial charge in [0.15, 0.2) is 0 Å². The summed E-state index contributed by atoms with van der Waals surface area (Å²) in [5.74, 6) is 0.166. The predicted octanol–water partition coefficient (Wildman–Crippen LogP) is 3.40. The molecular formula is C13H10BrClN4. The highest BCUT2D eigenvalue weighted by Gasteiger charge is 2.07. The average molecular weight is 338 g/mol. The fourth-order valence-corrected chi connectivity index (χ4v) is 2.31. The summed E-state index contributed by atoms with van der Waals surface area (Å²) in [4.78, 5) is 9.85. The molecule has 2 aromatic rings. The summed E-state index contributed by atoms with van der Waals surface area (Å²) in [5.41, 5.74) is 1.84. The van der Waals surface area contributed by atoms with Crippen LogP contribution in [-0.2, 0) is 6.54 Å². The zero-order chi connectivity index (χ0) is 13.8. The Kier molecular flexibility index (Phi) is 4.35. The lowest BCUT2D eigenvalue weighted by molar-refractivity contribution is 0.906. The molecule has 0 N–H and O–H groups in total. The second kappa shape index (κ2) is 6.00. The molecular weight excluding hydrogens is 328 g/mol. The summed E-state index contributed by atoms with van der Waals surface area (Å²) >= 11 is 9.55. The lowest BCUT2D eigenvalue weighted by Crippen LogP contribution is -2.17. The van der Waals surface area contributed by atoms with Crippen molar-refractivity contribution in [1.82, 2.24) is 9.97 Å². The molecule has 0 aliphatic heterocycles. The largest absolute Gasteiger partial charge is 0.368 e. The molecule has 19 heavy (non-hydrogen) atoms. The van der Waals surface area contributed by atoms with Crippen molar-refractivity contribution in [3.63, 3.8) is 0 Å². The monoisotopic (exact) mass is 336 g/mol. The van der Waals surface area contributed by atoms with Crippen molar-refractivity contribution >= 4 is 33.2 Å². The van der Waals surface area contributed by atoms with E-state index in [1.54, 1.807) is 12.4 Å². The van der Waals surface area contributed by atoms with E-state index in [1.165, 1.54) is 0 Å². The van der Waals surface area contributed by atoms with Crippen LogP contribution in [0.2, 0.25) is 5.02 Å². The molecule has 0 saturated carbocycles. The van der Waals surface area contributed by atoms with Gasteiger partial charge in [0.25, 0.3) is 0 Å². The first-order valence-corrected chi connectivity index (χ1v) is 6.64. The molecule has 0 radical (unpaired) electrons. The van der Waals surface area contributed by atoms with Crippen molar-refractivity contribution in [3.05, 3.63) is 51.5 Å². The van der Waals surface area contributed by atoms with Gasteiger partial charge in [-0.1, -0.05) is 33.6 Å². The number of hydrogen-bond donors (Lipinski definition) is 0. The Bertz CT molecular complexity index is 622. The SMILES string of the molecule is CN(Cc1ccc(Br)cc1Cl)c1cnc(C#N)nc1. The molecule has 0 fully saturated rings. The smallest absolute Gasteiger partial charge is 0.232 e. The van der Waals surface area contributed by atoms with E-state index in [-0.39, 0.29) is 5.82 Å². The van der Waals surface area contributed by atoms with Crippen LogP contribution < -0.4 is 4.90 Å². The number of aromatic nitrogens is 2. The number of benzene rings is 1. The van der Waals surface area contributed by atoms with Gasteiger partial charge in [0.1, 0.15) is 6.07 Å². The molecule has 6 heteroatoms. The Labute approximate surface area is 124 Å². The number of nitriles is 1. The fraction of sp³-hybridized carbons (Fsp3) is 0.154. The van der Waals surface area contributed by atoms with Crippen molar-refractivity contribution in [1.29, 1.82) is 5.26 Å². The lowest BCUT2D eigenvalue weighted by atomic mass is 10.2. The first-order valence-electron chi connectivity index (χ1n) is 5.47. The van der Waals surface area contributed by atoms with Crippen molar-refractivity contribution in [2.24, 2.45) is 0 Å². The normalized spacial score (nSPS) is 10.0. The van der Waals surface area contributed by atoms with Crippen LogP contribution in [-0.4, -0.2) is 17.0 Å². The molecule has 0 aliphatic rings. The molecule has 0 bridgehead atoms. The molecule has 96 valence electrons. The van der Waals surface area contributed by atoms with Crippen LogP contribution in [0.25, 0.3) is 0 Å². The minimum absolute atomic E-state index is 0.166. The third kappa shape index (κ3) is 3.43. The van der Waals surface area contributed by atoms with Crippen LogP contribution in [0.1, 0.15) is 11.4 Å². The Hall–Kier alpha value is -1.64. The van der Waals surface area contributed by atoms with Crippen molar-refractivity contribution in [2.75, 3.05) is 11.9 Å². The number of anilines is 1. The fourth-order valence-electron chi connectivity index (χ4n) is 1.57. The van der Waals surface area contributed by atoms with E-state index >= 15 is 0 Å². The first-order chi connectivity index (χ1) is 9.10. The van der Waals surface area contributed by atoms with Crippen LogP contribution in [0.4, 0.5) is 5.69 Å². The highest BCUT2D eigenvalue weighted by molar-refractivity contribution is 9.10. The van der Waals surface area contributed by atoms with Gasteiger partial charge in [0.2, 0.25) is 5.82 Å². The van der Waals surface area contributed by atoms with Gasteiger partial charge in [-0.3, -0.25) is 0 Å². The summed E-state index contributed by atoms with van der Waals surface area (Å²) in [5, 5.41) is 9.36. The summed E-state index contributed by atoms with van der Waals surface area (Å²) in [6.45, 7) is 0.640. The maximum absolute atomic E-state index is 8.65. The molecule has 0 spiro atoms. The maximum atomic E-state index is 8.65. The number of hydrogen-bond acceptors (Lipinski definition) is 4. The Balaban J connectivity index is 2.16. The number of halogens is 2. The van der Waals surface area contributed by atoms with Gasteiger partial charge in [-0.25, -0.2) is 9.97 Å². The van der Waals surface area contributed by atoms with Gasteiger partial charge >= 0.3 is 0 Å². The summed E-state index contributed by atoms with van der Waals surface area (Å²) in [7, 11) is 1.92. The van der Waals surface area contributed by atoms with E-state index < -0.39 is 0 Å². The van der Waals surface area contributed by atoms with Gasteiger partial charge in [-0.15, -0.1) is 0 Å². The van der Waals surface area contributed by atoms with Gasteiger partial charge in [0, 0.05) is 23.1 Å². The number of rotatable bonds is 3. The van der Waals surface area contributed by atoms with Gasteiger partial charge < -0.3 is 4.90 Å². The standard InChI is InChI=1S/C13H10BrClN4/c1-19(11-6-17-13(5-16)18-7-11)8-9-2-3-10(14)4-12(9)15/h2-4,6-7H,8H2,1H3. The molecule has 0 aliphatic carbocycles. The van der Waals surface area contributed by atoms with E-state index in [4.69, 9.17) is 16.9 Å². The second-order valence-corrected chi connectivity index (χ2v) is 5.29. The lowest BCUT2D eigenvalue weighted by Gasteiger charge is -2.19. The quantitative estimate of drug-likeness (QED) is 0.861. The summed E-state index contributed by atoms with van der Waals surface area (Å²) in [6, 6.07) is 7.67. The van der Waals surface area contributed by atoms with E-state index in [1.807, 2.05) is 36.2 Å². The molecule has 0 atom stereocenters. The zero-order valence-corrected chi connectivity index (χ0v) is 12.5. The third-order valence-corrected chi connectivity index (χ3v) is 3.45. The Morgan fingerprint density at radius 1 is 1.37 bits per heavy atom. The third-order valence-electron chi connectivity index (χ3n) is 2.60. The molecule has 4 nitrogen and oxygen atoms in total. The zero-order valence-electron chi connectivity index (χ0n) is 10.1. The Morgan fingerprint density at radius 3 is 2.63 bits per heavy atom. The molecule has 1 heterocycles. The predicted molar refractivity (Wildman–Crippen MR) is 78.0 cm³/mol. The van der Waals surface area contributed by atoms with Gasteiger partial charge in [0.05, 0.1) is 18.1 Å². The molecule has 1 aromatic heterocycles. The Morgan fingerprint density at radius 2 is 2.05 bits per heavy atom. The van der Waals surface area contributed by atoms with Crippen LogP contribution >= 0.6 is 27.5 Å². The maximum Gasteiger partial charge on any atom is 0.232 e. The molecule has 0 amide bonds. The highest BCUT2D eigenvalue weighted by Crippen LogP contribution is 2.23. The summed E-state index contributed by atoms with van der Waals surface area (Å²) in [6.07, 6.45) is 3.25. The van der Waals surface area contributed by atoms with Crippen LogP contribution in [0.5, 0.6) is 0 Å². The van der Waals surface area contributed by atoms with Gasteiger partial charge in [-0.2, -0.15) is 5.26 Å². The van der Waals surface area contributed by atoms with Crippen molar-refractivity contribution in [2.45, 2.75) is 6.54 Å². The molecule has 1 aromatic carbocycles. The molecule has 0 unspecified atom stereocenters. The van der Waals surface area contributed by atoms with E-state index in [0.29, 0.717) is 11.6 Å². The van der Waals surface area contributed by atoms with Gasteiger partial charge in [-0.05, 0) is 17.7 Å². The van der Waals surface area contributed by atoms with Crippen molar-refractivity contribution in [3.8, 4) is 6.07 Å². The van der Waals surface area contributed by atoms with E-state index in [0.717, 1.165) is 15.7 Å². The van der Waals surface area contributed by atoms with Crippen LogP contribution in [0.3, 0.4) is 0 Å². The minimum atomic E-state index is 0.166. The molecule has 2 rings (SSSR count). The minimum Gasteiger partial charge on any atom is -0.368 e. The average Bonchev–Trinajstić information content (AvgIpc) is 2.42. The first kappa shape index (κ1) is 13.8. The van der Waals surface area contributed by atoms with E-state index in [9.17, 15) is 0 Å². The van der Waals surface area contributed by atoms with Crippen molar-refractivity contribution < 1.29 is 0 Å². The highest BCUT2D eigenvalue weighted by atomic mass is 79.9. The van der Waals surface area contributed by atoms with E-state index in [2.05, 4.69) is 25.9 Å².